The number of phenolic OH excluding ortho intramolecular Hbond substituents is 1. The highest BCUT2D eigenvalue weighted by Gasteiger charge is 2.07. The third kappa shape index (κ3) is 1.90. The van der Waals surface area contributed by atoms with Crippen molar-refractivity contribution in [1.29, 1.82) is 0 Å². The average molecular weight is 218 g/mol. The second kappa shape index (κ2) is 4.09. The number of rotatable bonds is 2. The zero-order valence-electron chi connectivity index (χ0n) is 8.88. The van der Waals surface area contributed by atoms with Gasteiger partial charge in [0.15, 0.2) is 17.3 Å². The average Bonchev–Trinajstić information content (AvgIpc) is 2.30. The molecule has 0 saturated heterocycles. The Morgan fingerprint density at radius 1 is 1.12 bits per heavy atom. The Morgan fingerprint density at radius 2 is 1.81 bits per heavy atom. The van der Waals surface area contributed by atoms with Gasteiger partial charge < -0.3 is 9.84 Å². The number of benzene rings is 1. The Labute approximate surface area is 91.9 Å². The minimum Gasteiger partial charge on any atom is -0.504 e. The van der Waals surface area contributed by atoms with Crippen LogP contribution in [-0.2, 0) is 0 Å². The van der Waals surface area contributed by atoms with Gasteiger partial charge in [-0.05, 0) is 25.1 Å². The standard InChI is InChI=1S/C10H10N4O2/c1-6-11-13-10(14-12-6)7-3-4-9(16-2)8(15)5-7/h3-5,15H,1-2H3. The molecule has 2 aromatic rings. The number of aryl methyl sites for hydroxylation is 1. The van der Waals surface area contributed by atoms with E-state index in [-0.39, 0.29) is 5.75 Å². The summed E-state index contributed by atoms with van der Waals surface area (Å²) in [5, 5.41) is 24.9. The largest absolute Gasteiger partial charge is 0.504 e. The van der Waals surface area contributed by atoms with E-state index in [0.717, 1.165) is 0 Å². The van der Waals surface area contributed by atoms with E-state index in [9.17, 15) is 5.11 Å². The Hall–Kier alpha value is -2.24. The monoisotopic (exact) mass is 218 g/mol. The Morgan fingerprint density at radius 3 is 2.38 bits per heavy atom. The van der Waals surface area contributed by atoms with Crippen LogP contribution in [0.3, 0.4) is 0 Å². The summed E-state index contributed by atoms with van der Waals surface area (Å²) in [6.45, 7) is 1.70. The number of aromatic hydroxyl groups is 1. The summed E-state index contributed by atoms with van der Waals surface area (Å²) < 4.78 is 4.93. The molecule has 0 unspecified atom stereocenters. The summed E-state index contributed by atoms with van der Waals surface area (Å²) >= 11 is 0. The molecule has 1 N–H and O–H groups in total. The molecule has 0 amide bonds. The molecule has 0 aliphatic carbocycles. The SMILES string of the molecule is COc1ccc(-c2nnc(C)nn2)cc1O. The van der Waals surface area contributed by atoms with Crippen LogP contribution in [0, 0.1) is 6.92 Å². The lowest BCUT2D eigenvalue weighted by Crippen LogP contribution is -1.98. The Kier molecular flexibility index (Phi) is 2.63. The summed E-state index contributed by atoms with van der Waals surface area (Å²) in [6.07, 6.45) is 0. The van der Waals surface area contributed by atoms with Gasteiger partial charge in [-0.25, -0.2) is 0 Å². The zero-order valence-corrected chi connectivity index (χ0v) is 8.88. The molecule has 0 atom stereocenters. The first-order valence-corrected chi connectivity index (χ1v) is 4.62. The lowest BCUT2D eigenvalue weighted by atomic mass is 10.2. The molecule has 6 heteroatoms. The van der Waals surface area contributed by atoms with Crippen molar-refractivity contribution in [3.63, 3.8) is 0 Å². The zero-order chi connectivity index (χ0) is 11.5. The van der Waals surface area contributed by atoms with Gasteiger partial charge in [-0.1, -0.05) is 0 Å². The molecule has 0 radical (unpaired) electrons. The Balaban J connectivity index is 2.41. The second-order valence-electron chi connectivity index (χ2n) is 3.16. The molecule has 0 fully saturated rings. The molecule has 82 valence electrons. The van der Waals surface area contributed by atoms with Crippen molar-refractivity contribution >= 4 is 0 Å². The van der Waals surface area contributed by atoms with Crippen LogP contribution >= 0.6 is 0 Å². The number of hydrogen-bond donors (Lipinski definition) is 1. The second-order valence-corrected chi connectivity index (χ2v) is 3.16. The fourth-order valence-electron chi connectivity index (χ4n) is 1.22. The molecule has 1 aromatic heterocycles. The van der Waals surface area contributed by atoms with Gasteiger partial charge >= 0.3 is 0 Å². The third-order valence-corrected chi connectivity index (χ3v) is 2.02. The van der Waals surface area contributed by atoms with Crippen LogP contribution in [0.5, 0.6) is 11.5 Å². The molecular formula is C10H10N4O2. The van der Waals surface area contributed by atoms with Gasteiger partial charge in [-0.2, -0.15) is 0 Å². The van der Waals surface area contributed by atoms with Gasteiger partial charge in [0.25, 0.3) is 0 Å². The van der Waals surface area contributed by atoms with Gasteiger partial charge in [0.2, 0.25) is 5.82 Å². The summed E-state index contributed by atoms with van der Waals surface area (Å²) in [5.74, 6) is 1.30. The summed E-state index contributed by atoms with van der Waals surface area (Å²) in [5.41, 5.74) is 0.637. The molecular weight excluding hydrogens is 208 g/mol. The van der Waals surface area contributed by atoms with Crippen molar-refractivity contribution in [2.45, 2.75) is 6.92 Å². The predicted octanol–water partition coefficient (Wildman–Crippen LogP) is 0.956. The van der Waals surface area contributed by atoms with Gasteiger partial charge in [0, 0.05) is 5.56 Å². The summed E-state index contributed by atoms with van der Waals surface area (Å²) in [4.78, 5) is 0. The van der Waals surface area contributed by atoms with Crippen molar-refractivity contribution < 1.29 is 9.84 Å². The first kappa shape index (κ1) is 10.3. The highest BCUT2D eigenvalue weighted by atomic mass is 16.5. The minimum absolute atomic E-state index is 0.0316. The quantitative estimate of drug-likeness (QED) is 0.808. The van der Waals surface area contributed by atoms with Crippen molar-refractivity contribution in [3.05, 3.63) is 24.0 Å². The van der Waals surface area contributed by atoms with Crippen LogP contribution < -0.4 is 4.74 Å². The molecule has 1 heterocycles. The predicted molar refractivity (Wildman–Crippen MR) is 56.0 cm³/mol. The minimum atomic E-state index is 0.0316. The maximum Gasteiger partial charge on any atom is 0.203 e. The number of aromatic nitrogens is 4. The fraction of sp³-hybridized carbons (Fsp3) is 0.200. The van der Waals surface area contributed by atoms with Crippen LogP contribution in [0.4, 0.5) is 0 Å². The van der Waals surface area contributed by atoms with E-state index in [1.54, 1.807) is 19.1 Å². The van der Waals surface area contributed by atoms with Gasteiger partial charge in [0.05, 0.1) is 7.11 Å². The molecule has 1 aromatic carbocycles. The molecule has 0 aliphatic rings. The smallest absolute Gasteiger partial charge is 0.203 e. The van der Waals surface area contributed by atoms with E-state index in [1.165, 1.54) is 13.2 Å². The van der Waals surface area contributed by atoms with E-state index in [4.69, 9.17) is 4.74 Å². The molecule has 16 heavy (non-hydrogen) atoms. The lowest BCUT2D eigenvalue weighted by molar-refractivity contribution is 0.373. The van der Waals surface area contributed by atoms with E-state index in [2.05, 4.69) is 20.4 Å². The number of ether oxygens (including phenoxy) is 1. The van der Waals surface area contributed by atoms with Crippen LogP contribution in [0.1, 0.15) is 5.82 Å². The van der Waals surface area contributed by atoms with Crippen molar-refractivity contribution in [2.24, 2.45) is 0 Å². The molecule has 2 rings (SSSR count). The first-order chi connectivity index (χ1) is 7.70. The van der Waals surface area contributed by atoms with Gasteiger partial charge in [-0.15, -0.1) is 20.4 Å². The first-order valence-electron chi connectivity index (χ1n) is 4.62. The number of hydrogen-bond acceptors (Lipinski definition) is 6. The summed E-state index contributed by atoms with van der Waals surface area (Å²) in [7, 11) is 1.49. The van der Waals surface area contributed by atoms with E-state index >= 15 is 0 Å². The number of nitrogens with zero attached hydrogens (tertiary/aromatic N) is 4. The number of methoxy groups -OCH3 is 1. The van der Waals surface area contributed by atoms with Crippen molar-refractivity contribution in [1.82, 2.24) is 20.4 Å². The fourth-order valence-corrected chi connectivity index (χ4v) is 1.22. The molecule has 0 aliphatic heterocycles. The van der Waals surface area contributed by atoms with Gasteiger partial charge in [0.1, 0.15) is 0 Å². The lowest BCUT2D eigenvalue weighted by Gasteiger charge is -2.04. The van der Waals surface area contributed by atoms with Crippen LogP contribution in [0.25, 0.3) is 11.4 Å². The van der Waals surface area contributed by atoms with Crippen molar-refractivity contribution in [2.75, 3.05) is 7.11 Å². The van der Waals surface area contributed by atoms with E-state index in [1.807, 2.05) is 0 Å². The molecule has 6 nitrogen and oxygen atoms in total. The third-order valence-electron chi connectivity index (χ3n) is 2.02. The topological polar surface area (TPSA) is 81.0 Å². The molecule has 0 saturated carbocycles. The van der Waals surface area contributed by atoms with Crippen LogP contribution in [-0.4, -0.2) is 32.6 Å². The van der Waals surface area contributed by atoms with E-state index < -0.39 is 0 Å². The maximum absolute atomic E-state index is 9.59. The Bertz CT molecular complexity index is 499. The van der Waals surface area contributed by atoms with Gasteiger partial charge in [-0.3, -0.25) is 0 Å². The van der Waals surface area contributed by atoms with Crippen molar-refractivity contribution in [3.8, 4) is 22.9 Å². The summed E-state index contributed by atoms with van der Waals surface area (Å²) in [6, 6.07) is 4.87. The van der Waals surface area contributed by atoms with Crippen LogP contribution in [0.15, 0.2) is 18.2 Å². The molecule has 0 spiro atoms. The number of phenols is 1. The maximum atomic E-state index is 9.59. The van der Waals surface area contributed by atoms with E-state index in [0.29, 0.717) is 23.0 Å². The highest BCUT2D eigenvalue weighted by molar-refractivity contribution is 5.59. The highest BCUT2D eigenvalue weighted by Crippen LogP contribution is 2.29. The normalized spacial score (nSPS) is 10.1. The van der Waals surface area contributed by atoms with Crippen LogP contribution in [0.2, 0.25) is 0 Å². The molecule has 0 bridgehead atoms.